The molecule has 0 aliphatic rings. The third kappa shape index (κ3) is 35.5. The summed E-state index contributed by atoms with van der Waals surface area (Å²) in [7, 11) is 0. The van der Waals surface area contributed by atoms with E-state index in [0.717, 1.165) is 18.8 Å². The summed E-state index contributed by atoms with van der Waals surface area (Å²) in [6.45, 7) is 7.83. The molecule has 0 radical (unpaired) electrons. The summed E-state index contributed by atoms with van der Waals surface area (Å²) in [4.78, 5) is 30.5. The maximum absolute atomic E-state index is 10.2. The Bertz CT molecular complexity index is 940. The molecule has 0 fully saturated rings. The quantitative estimate of drug-likeness (QED) is 0.144. The molecule has 2 aromatic carbocycles. The molecule has 0 aromatic heterocycles. The van der Waals surface area contributed by atoms with Crippen molar-refractivity contribution in [3.05, 3.63) is 59.7 Å². The second kappa shape index (κ2) is 31.1. The molecule has 2 rings (SSSR count). The maximum Gasteiger partial charge on any atom is 4.00 e. The summed E-state index contributed by atoms with van der Waals surface area (Å²) in [5.41, 5.74) is 12.0. The molecule has 2 aromatic rings. The number of anilines is 2. The fraction of sp³-hybridized carbons (Fsp3) is 0.571. The number of benzene rings is 2. The molecule has 0 atom stereocenters. The summed E-state index contributed by atoms with van der Waals surface area (Å²) < 4.78 is 0. The van der Waals surface area contributed by atoms with Crippen LogP contribution in [0, 0.1) is 5.92 Å². The zero-order chi connectivity index (χ0) is 33.8. The van der Waals surface area contributed by atoms with E-state index in [0.29, 0.717) is 11.4 Å². The number of carbonyl (C=O) groups is 3. The number of unbranched alkanes of at least 4 members (excludes halogenated alkanes) is 11. The van der Waals surface area contributed by atoms with E-state index < -0.39 is 24.0 Å². The standard InChI is InChI=1S/C18H36O2.2C7H7NO2.C3H7O.Ti/c1-17(2)15-13-11-9-7-5-3-4-6-8-10-12-14-16-18(19)20;2*8-6-3-1-5(2-4-6)7(9)10;1-3(2)4;/h17H,3-16H2,1-2H3,(H,19,20);2*1-4H,8H2,(H,9,10);3H,1-2H3;/q;;;-1;+4/p-3. The molecule has 0 heterocycles. The monoisotopic (exact) mass is 662 g/mol. The van der Waals surface area contributed by atoms with E-state index in [1.807, 2.05) is 0 Å². The van der Waals surface area contributed by atoms with Gasteiger partial charge in [0.15, 0.2) is 0 Å². The van der Waals surface area contributed by atoms with Crippen molar-refractivity contribution in [1.29, 1.82) is 0 Å². The fourth-order valence-corrected chi connectivity index (χ4v) is 3.83. The smallest absolute Gasteiger partial charge is 0.852 e. The van der Waals surface area contributed by atoms with Gasteiger partial charge in [-0.2, -0.15) is 0 Å². The molecule has 4 N–H and O–H groups in total. The van der Waals surface area contributed by atoms with Crippen LogP contribution in [-0.2, 0) is 26.5 Å². The van der Waals surface area contributed by atoms with Gasteiger partial charge in [0.25, 0.3) is 0 Å². The second-order valence-electron chi connectivity index (χ2n) is 11.4. The first kappa shape index (κ1) is 46.5. The number of rotatable bonds is 17. The van der Waals surface area contributed by atoms with Gasteiger partial charge >= 0.3 is 21.7 Å². The molecule has 0 aliphatic carbocycles. The summed E-state index contributed by atoms with van der Waals surface area (Å²) in [5.74, 6) is -2.40. The van der Waals surface area contributed by atoms with Gasteiger partial charge in [-0.15, -0.1) is 6.10 Å². The number of nitrogens with two attached hydrogens (primary N) is 2. The SMILES string of the molecule is CC(C)CCCCCCCCCCCCCCC(=O)[O-].CC(C)[O-].Nc1ccc(C(=O)[O-])cc1.Nc1ccc(C(=O)[O-])cc1.[Ti+4]. The second-order valence-corrected chi connectivity index (χ2v) is 11.4. The van der Waals surface area contributed by atoms with Crippen molar-refractivity contribution in [2.45, 2.75) is 124 Å². The van der Waals surface area contributed by atoms with Gasteiger partial charge in [0, 0.05) is 17.3 Å². The van der Waals surface area contributed by atoms with Gasteiger partial charge in [0.2, 0.25) is 0 Å². The average molecular weight is 663 g/mol. The molecule has 0 amide bonds. The molecular weight excluding hydrogens is 608 g/mol. The Morgan fingerprint density at radius 2 is 0.822 bits per heavy atom. The molecule has 0 unspecified atom stereocenters. The molecule has 0 spiro atoms. The first-order chi connectivity index (χ1) is 20.8. The number of aliphatic carboxylic acids is 1. The first-order valence-corrected chi connectivity index (χ1v) is 15.8. The van der Waals surface area contributed by atoms with Crippen LogP contribution in [0.1, 0.15) is 138 Å². The van der Waals surface area contributed by atoms with E-state index in [1.54, 1.807) is 13.8 Å². The van der Waals surface area contributed by atoms with E-state index in [4.69, 9.17) is 11.5 Å². The number of aromatic carboxylic acids is 2. The Morgan fingerprint density at radius 1 is 0.556 bits per heavy atom. The van der Waals surface area contributed by atoms with Gasteiger partial charge in [-0.05, 0) is 54.2 Å². The van der Waals surface area contributed by atoms with Crippen LogP contribution in [0.5, 0.6) is 0 Å². The largest absolute Gasteiger partial charge is 4.00 e. The minimum absolute atomic E-state index is 0. The Kier molecular flexibility index (Phi) is 32.2. The third-order valence-corrected chi connectivity index (χ3v) is 6.21. The van der Waals surface area contributed by atoms with E-state index in [-0.39, 0.29) is 39.3 Å². The van der Waals surface area contributed by atoms with Crippen LogP contribution in [0.4, 0.5) is 11.4 Å². The molecule has 9 nitrogen and oxygen atoms in total. The predicted molar refractivity (Wildman–Crippen MR) is 170 cm³/mol. The Hall–Kier alpha value is -2.88. The van der Waals surface area contributed by atoms with Crippen molar-refractivity contribution in [2.24, 2.45) is 5.92 Å². The Labute approximate surface area is 285 Å². The van der Waals surface area contributed by atoms with Crippen LogP contribution in [0.25, 0.3) is 0 Å². The molecule has 45 heavy (non-hydrogen) atoms. The molecule has 250 valence electrons. The van der Waals surface area contributed by atoms with Crippen molar-refractivity contribution in [1.82, 2.24) is 0 Å². The summed E-state index contributed by atoms with van der Waals surface area (Å²) in [6, 6.07) is 11.7. The van der Waals surface area contributed by atoms with Gasteiger partial charge < -0.3 is 46.3 Å². The number of nitrogen functional groups attached to an aromatic ring is 2. The van der Waals surface area contributed by atoms with E-state index in [2.05, 4.69) is 13.8 Å². The third-order valence-electron chi connectivity index (χ3n) is 6.21. The minimum atomic E-state index is -1.18. The van der Waals surface area contributed by atoms with Crippen molar-refractivity contribution in [3.8, 4) is 0 Å². The molecule has 10 heteroatoms. The Balaban J connectivity index is -0.000000590. The van der Waals surface area contributed by atoms with Crippen LogP contribution >= 0.6 is 0 Å². The van der Waals surface area contributed by atoms with E-state index in [9.17, 15) is 34.8 Å². The van der Waals surface area contributed by atoms with Crippen LogP contribution in [-0.4, -0.2) is 24.0 Å². The number of carboxylic acid groups (broad SMARTS) is 3. The first-order valence-electron chi connectivity index (χ1n) is 15.8. The number of hydrogen-bond donors (Lipinski definition) is 2. The summed E-state index contributed by atoms with van der Waals surface area (Å²) in [6.07, 6.45) is 16.6. The number of hydrogen-bond acceptors (Lipinski definition) is 9. The predicted octanol–water partition coefficient (Wildman–Crippen LogP) is 3.87. The van der Waals surface area contributed by atoms with Crippen LogP contribution in [0.15, 0.2) is 48.5 Å². The minimum Gasteiger partial charge on any atom is -0.852 e. The van der Waals surface area contributed by atoms with Crippen LogP contribution in [0.2, 0.25) is 0 Å². The van der Waals surface area contributed by atoms with Crippen molar-refractivity contribution in [3.63, 3.8) is 0 Å². The van der Waals surface area contributed by atoms with Gasteiger partial charge in [-0.25, -0.2) is 0 Å². The molecule has 0 bridgehead atoms. The van der Waals surface area contributed by atoms with Crippen LogP contribution in [0.3, 0.4) is 0 Å². The van der Waals surface area contributed by atoms with Crippen molar-refractivity contribution >= 4 is 29.3 Å². The van der Waals surface area contributed by atoms with E-state index in [1.165, 1.54) is 119 Å². The molecule has 0 aliphatic heterocycles. The zero-order valence-corrected chi connectivity index (χ0v) is 29.2. The van der Waals surface area contributed by atoms with Crippen molar-refractivity contribution < 1.29 is 56.5 Å². The van der Waals surface area contributed by atoms with Gasteiger partial charge in [-0.3, -0.25) is 0 Å². The van der Waals surface area contributed by atoms with Gasteiger partial charge in [0.05, 0.1) is 11.9 Å². The summed E-state index contributed by atoms with van der Waals surface area (Å²) >= 11 is 0. The fourth-order valence-electron chi connectivity index (χ4n) is 3.83. The average Bonchev–Trinajstić information content (AvgIpc) is 2.94. The van der Waals surface area contributed by atoms with Crippen molar-refractivity contribution in [2.75, 3.05) is 11.5 Å². The zero-order valence-electron chi connectivity index (χ0n) is 27.7. The molecule has 0 saturated carbocycles. The maximum atomic E-state index is 10.2. The van der Waals surface area contributed by atoms with Gasteiger partial charge in [-0.1, -0.05) is 129 Å². The van der Waals surface area contributed by atoms with Crippen LogP contribution < -0.4 is 31.9 Å². The topological polar surface area (TPSA) is 195 Å². The normalized spacial score (nSPS) is 9.84. The number of carboxylic acids is 3. The van der Waals surface area contributed by atoms with Gasteiger partial charge in [0.1, 0.15) is 0 Å². The molecule has 0 saturated heterocycles. The molecular formula is C35H54N2O7Ti. The number of carbonyl (C=O) groups excluding carboxylic acids is 3. The van der Waals surface area contributed by atoms with E-state index >= 15 is 0 Å². The summed E-state index contributed by atoms with van der Waals surface area (Å²) in [5, 5.41) is 40.1. The Morgan fingerprint density at radius 3 is 1.07 bits per heavy atom.